The molecule has 0 aromatic heterocycles. The van der Waals surface area contributed by atoms with Gasteiger partial charge in [0.15, 0.2) is 6.61 Å². The average molecular weight is 420 g/mol. The van der Waals surface area contributed by atoms with E-state index in [1.165, 1.54) is 30.3 Å². The van der Waals surface area contributed by atoms with E-state index in [9.17, 15) is 22.4 Å². The number of carbonyl (C=O) groups is 2. The van der Waals surface area contributed by atoms with Crippen LogP contribution < -0.4 is 10.0 Å². The number of hydrogen-bond donors (Lipinski definition) is 2. The molecular weight excluding hydrogens is 399 g/mol. The molecule has 2 aromatic rings. The normalized spacial score (nSPS) is 13.7. The van der Waals surface area contributed by atoms with Crippen molar-refractivity contribution in [2.24, 2.45) is 0 Å². The van der Waals surface area contributed by atoms with Gasteiger partial charge in [0, 0.05) is 12.6 Å². The van der Waals surface area contributed by atoms with Crippen molar-refractivity contribution in [1.82, 2.24) is 10.0 Å². The number of nitrogens with one attached hydrogen (secondary N) is 2. The van der Waals surface area contributed by atoms with Crippen LogP contribution in [0.1, 0.15) is 34.3 Å². The van der Waals surface area contributed by atoms with E-state index >= 15 is 0 Å². The highest BCUT2D eigenvalue weighted by atomic mass is 32.2. The molecule has 0 unspecified atom stereocenters. The lowest BCUT2D eigenvalue weighted by Gasteiger charge is -2.09. The number of aryl methyl sites for hydroxylation is 1. The summed E-state index contributed by atoms with van der Waals surface area (Å²) in [6, 6.07) is 10.00. The maximum atomic E-state index is 13.5. The van der Waals surface area contributed by atoms with Crippen LogP contribution in [0.25, 0.3) is 0 Å². The fourth-order valence-electron chi connectivity index (χ4n) is 2.49. The molecule has 1 amide bonds. The standard InChI is InChI=1S/C20H21FN2O5S/c1-13-5-6-14(9-18(13)21)11-22-19(24)12-28-20(25)15-3-2-4-17(10-15)29(26,27)23-16-7-8-16/h2-6,9-10,16,23H,7-8,11-12H2,1H3,(H,22,24). The fourth-order valence-corrected chi connectivity index (χ4v) is 3.84. The third-order valence-electron chi connectivity index (χ3n) is 4.34. The summed E-state index contributed by atoms with van der Waals surface area (Å²) in [6.07, 6.45) is 1.59. The van der Waals surface area contributed by atoms with Gasteiger partial charge in [-0.15, -0.1) is 0 Å². The number of rotatable bonds is 8. The molecule has 0 bridgehead atoms. The molecule has 0 saturated heterocycles. The summed E-state index contributed by atoms with van der Waals surface area (Å²) in [6.45, 7) is 1.19. The van der Waals surface area contributed by atoms with Crippen molar-refractivity contribution in [3.63, 3.8) is 0 Å². The minimum Gasteiger partial charge on any atom is -0.452 e. The molecule has 0 atom stereocenters. The molecule has 1 saturated carbocycles. The predicted molar refractivity (Wildman–Crippen MR) is 103 cm³/mol. The van der Waals surface area contributed by atoms with Gasteiger partial charge in [0.25, 0.3) is 5.91 Å². The zero-order chi connectivity index (χ0) is 21.0. The molecule has 1 fully saturated rings. The number of carbonyl (C=O) groups excluding carboxylic acids is 2. The summed E-state index contributed by atoms with van der Waals surface area (Å²) in [5, 5.41) is 2.53. The Hall–Kier alpha value is -2.78. The Bertz CT molecular complexity index is 1030. The molecular formula is C20H21FN2O5S. The molecule has 0 radical (unpaired) electrons. The Morgan fingerprint density at radius 2 is 1.93 bits per heavy atom. The van der Waals surface area contributed by atoms with Gasteiger partial charge in [-0.1, -0.05) is 18.2 Å². The Morgan fingerprint density at radius 3 is 2.62 bits per heavy atom. The van der Waals surface area contributed by atoms with Gasteiger partial charge in [-0.05, 0) is 55.2 Å². The molecule has 2 N–H and O–H groups in total. The van der Waals surface area contributed by atoms with E-state index in [0.717, 1.165) is 12.8 Å². The average Bonchev–Trinajstić information content (AvgIpc) is 3.50. The second kappa shape index (κ2) is 8.71. The van der Waals surface area contributed by atoms with Gasteiger partial charge in [-0.3, -0.25) is 4.79 Å². The van der Waals surface area contributed by atoms with Gasteiger partial charge in [-0.25, -0.2) is 22.3 Å². The van der Waals surface area contributed by atoms with E-state index < -0.39 is 28.5 Å². The largest absolute Gasteiger partial charge is 0.452 e. The van der Waals surface area contributed by atoms with Crippen molar-refractivity contribution >= 4 is 21.9 Å². The number of esters is 1. The Labute approximate surface area is 168 Å². The number of amides is 1. The summed E-state index contributed by atoms with van der Waals surface area (Å²) in [5.74, 6) is -1.74. The van der Waals surface area contributed by atoms with E-state index in [4.69, 9.17) is 4.74 Å². The number of benzene rings is 2. The summed E-state index contributed by atoms with van der Waals surface area (Å²) >= 11 is 0. The highest BCUT2D eigenvalue weighted by Gasteiger charge is 2.28. The molecule has 3 rings (SSSR count). The van der Waals surface area contributed by atoms with E-state index in [2.05, 4.69) is 10.0 Å². The molecule has 29 heavy (non-hydrogen) atoms. The van der Waals surface area contributed by atoms with Crippen molar-refractivity contribution in [3.8, 4) is 0 Å². The van der Waals surface area contributed by atoms with Gasteiger partial charge >= 0.3 is 5.97 Å². The lowest BCUT2D eigenvalue weighted by atomic mass is 10.1. The molecule has 0 aliphatic heterocycles. The SMILES string of the molecule is Cc1ccc(CNC(=O)COC(=O)c2cccc(S(=O)(=O)NC3CC3)c2)cc1F. The Balaban J connectivity index is 1.52. The molecule has 154 valence electrons. The van der Waals surface area contributed by atoms with Crippen LogP contribution in [-0.2, 0) is 26.1 Å². The highest BCUT2D eigenvalue weighted by molar-refractivity contribution is 7.89. The zero-order valence-corrected chi connectivity index (χ0v) is 16.6. The first kappa shape index (κ1) is 20.9. The van der Waals surface area contributed by atoms with Crippen LogP contribution in [0.15, 0.2) is 47.4 Å². The van der Waals surface area contributed by atoms with E-state index in [0.29, 0.717) is 11.1 Å². The quantitative estimate of drug-likeness (QED) is 0.637. The number of ether oxygens (including phenoxy) is 1. The van der Waals surface area contributed by atoms with Crippen molar-refractivity contribution in [3.05, 3.63) is 65.0 Å². The lowest BCUT2D eigenvalue weighted by Crippen LogP contribution is -2.28. The first-order chi connectivity index (χ1) is 13.7. The number of halogens is 1. The lowest BCUT2D eigenvalue weighted by molar-refractivity contribution is -0.124. The van der Waals surface area contributed by atoms with Crippen LogP contribution in [0, 0.1) is 12.7 Å². The second-order valence-electron chi connectivity index (χ2n) is 6.86. The summed E-state index contributed by atoms with van der Waals surface area (Å²) in [7, 11) is -3.70. The molecule has 0 heterocycles. The maximum Gasteiger partial charge on any atom is 0.338 e. The van der Waals surface area contributed by atoms with E-state index in [1.807, 2.05) is 0 Å². The molecule has 7 nitrogen and oxygen atoms in total. The van der Waals surface area contributed by atoms with Crippen LogP contribution in [0.5, 0.6) is 0 Å². The maximum absolute atomic E-state index is 13.5. The van der Waals surface area contributed by atoms with Crippen molar-refractivity contribution in [2.75, 3.05) is 6.61 Å². The van der Waals surface area contributed by atoms with Crippen LogP contribution in [-0.4, -0.2) is 32.9 Å². The van der Waals surface area contributed by atoms with Gasteiger partial charge in [0.1, 0.15) is 5.82 Å². The summed E-state index contributed by atoms with van der Waals surface area (Å²) in [4.78, 5) is 24.0. The zero-order valence-electron chi connectivity index (χ0n) is 15.8. The van der Waals surface area contributed by atoms with Crippen molar-refractivity contribution < 1.29 is 27.1 Å². The van der Waals surface area contributed by atoms with Gasteiger partial charge in [0.05, 0.1) is 10.5 Å². The van der Waals surface area contributed by atoms with E-state index in [1.54, 1.807) is 19.1 Å². The third-order valence-corrected chi connectivity index (χ3v) is 5.86. The van der Waals surface area contributed by atoms with Crippen LogP contribution >= 0.6 is 0 Å². The second-order valence-corrected chi connectivity index (χ2v) is 8.57. The minimum absolute atomic E-state index is 0.0251. The Morgan fingerprint density at radius 1 is 1.17 bits per heavy atom. The topological polar surface area (TPSA) is 102 Å². The van der Waals surface area contributed by atoms with Gasteiger partial charge in [-0.2, -0.15) is 0 Å². The first-order valence-corrected chi connectivity index (χ1v) is 10.5. The molecule has 1 aliphatic carbocycles. The van der Waals surface area contributed by atoms with Gasteiger partial charge in [0.2, 0.25) is 10.0 Å². The summed E-state index contributed by atoms with van der Waals surface area (Å²) in [5.41, 5.74) is 1.11. The Kier molecular flexibility index (Phi) is 6.29. The molecule has 2 aromatic carbocycles. The predicted octanol–water partition coefficient (Wildman–Crippen LogP) is 2.05. The first-order valence-electron chi connectivity index (χ1n) is 9.06. The van der Waals surface area contributed by atoms with Crippen LogP contribution in [0.2, 0.25) is 0 Å². The van der Waals surface area contributed by atoms with Crippen LogP contribution in [0.4, 0.5) is 4.39 Å². The molecule has 9 heteroatoms. The van der Waals surface area contributed by atoms with E-state index in [-0.39, 0.29) is 28.9 Å². The van der Waals surface area contributed by atoms with Crippen molar-refractivity contribution in [2.45, 2.75) is 37.2 Å². The van der Waals surface area contributed by atoms with Crippen molar-refractivity contribution in [1.29, 1.82) is 0 Å². The minimum atomic E-state index is -3.70. The number of hydrogen-bond acceptors (Lipinski definition) is 5. The molecule has 0 spiro atoms. The van der Waals surface area contributed by atoms with Gasteiger partial charge < -0.3 is 10.1 Å². The third kappa shape index (κ3) is 5.85. The van der Waals surface area contributed by atoms with Crippen LogP contribution in [0.3, 0.4) is 0 Å². The number of sulfonamides is 1. The monoisotopic (exact) mass is 420 g/mol. The highest BCUT2D eigenvalue weighted by Crippen LogP contribution is 2.22. The smallest absolute Gasteiger partial charge is 0.338 e. The molecule has 1 aliphatic rings. The summed E-state index contributed by atoms with van der Waals surface area (Å²) < 4.78 is 45.4. The fraction of sp³-hybridized carbons (Fsp3) is 0.300.